The van der Waals surface area contributed by atoms with Crippen molar-refractivity contribution in [3.05, 3.63) is 29.0 Å². The first kappa shape index (κ1) is 10.2. The van der Waals surface area contributed by atoms with E-state index in [1.54, 1.807) is 18.1 Å². The van der Waals surface area contributed by atoms with Crippen LogP contribution in [0.4, 0.5) is 0 Å². The Morgan fingerprint density at radius 3 is 2.80 bits per heavy atom. The fraction of sp³-hybridized carbons (Fsp3) is 0.200. The Bertz CT molecular complexity index is 481. The Balaban J connectivity index is 2.52. The summed E-state index contributed by atoms with van der Waals surface area (Å²) in [5.41, 5.74) is 0.890. The van der Waals surface area contributed by atoms with E-state index < -0.39 is 0 Å². The summed E-state index contributed by atoms with van der Waals surface area (Å²) in [4.78, 5) is 4.18. The van der Waals surface area contributed by atoms with E-state index in [1.807, 2.05) is 25.2 Å². The van der Waals surface area contributed by atoms with Gasteiger partial charge in [-0.15, -0.1) is 0 Å². The number of hydrogen-bond donors (Lipinski definition) is 0. The van der Waals surface area contributed by atoms with E-state index in [-0.39, 0.29) is 0 Å². The number of halogens is 1. The molecule has 0 atom stereocenters. The largest absolute Gasteiger partial charge is 0.496 e. The van der Waals surface area contributed by atoms with Crippen LogP contribution in [-0.4, -0.2) is 21.9 Å². The van der Waals surface area contributed by atoms with E-state index in [0.29, 0.717) is 5.82 Å². The quantitative estimate of drug-likeness (QED) is 0.838. The van der Waals surface area contributed by atoms with Crippen LogP contribution in [0.15, 0.2) is 29.0 Å². The average molecular weight is 268 g/mol. The van der Waals surface area contributed by atoms with Gasteiger partial charge in [0.05, 0.1) is 12.7 Å². The lowest BCUT2D eigenvalue weighted by Crippen LogP contribution is -1.91. The first-order valence-electron chi connectivity index (χ1n) is 4.40. The van der Waals surface area contributed by atoms with Crippen LogP contribution in [0.2, 0.25) is 0 Å². The minimum Gasteiger partial charge on any atom is -0.496 e. The van der Waals surface area contributed by atoms with Gasteiger partial charge >= 0.3 is 0 Å². The van der Waals surface area contributed by atoms with E-state index in [1.165, 1.54) is 0 Å². The summed E-state index contributed by atoms with van der Waals surface area (Å²) < 4.78 is 7.91. The van der Waals surface area contributed by atoms with Gasteiger partial charge in [0.2, 0.25) is 0 Å². The highest BCUT2D eigenvalue weighted by molar-refractivity contribution is 9.10. The molecule has 4 nitrogen and oxygen atoms in total. The molecule has 5 heteroatoms. The van der Waals surface area contributed by atoms with Crippen LogP contribution in [-0.2, 0) is 7.05 Å². The summed E-state index contributed by atoms with van der Waals surface area (Å²) in [6.45, 7) is 0. The molecule has 0 bridgehead atoms. The molecule has 0 amide bonds. The van der Waals surface area contributed by atoms with Crippen LogP contribution in [0.1, 0.15) is 0 Å². The second kappa shape index (κ2) is 4.02. The van der Waals surface area contributed by atoms with Gasteiger partial charge in [-0.3, -0.25) is 4.68 Å². The normalized spacial score (nSPS) is 10.3. The number of hydrogen-bond acceptors (Lipinski definition) is 3. The molecule has 15 heavy (non-hydrogen) atoms. The van der Waals surface area contributed by atoms with E-state index in [2.05, 4.69) is 26.0 Å². The number of nitrogens with zero attached hydrogens (tertiary/aromatic N) is 3. The molecule has 2 rings (SSSR count). The van der Waals surface area contributed by atoms with Crippen LogP contribution in [0.5, 0.6) is 5.75 Å². The SMILES string of the molecule is COc1cc(Br)ccc1-c1ncn(C)n1. The molecule has 0 aliphatic heterocycles. The topological polar surface area (TPSA) is 39.9 Å². The van der Waals surface area contributed by atoms with E-state index in [9.17, 15) is 0 Å². The van der Waals surface area contributed by atoms with Gasteiger partial charge < -0.3 is 4.74 Å². The van der Waals surface area contributed by atoms with Crippen LogP contribution in [0, 0.1) is 0 Å². The number of rotatable bonds is 2. The van der Waals surface area contributed by atoms with Crippen molar-refractivity contribution in [2.45, 2.75) is 0 Å². The molecule has 0 aliphatic carbocycles. The maximum Gasteiger partial charge on any atom is 0.184 e. The van der Waals surface area contributed by atoms with Gasteiger partial charge in [-0.25, -0.2) is 4.98 Å². The van der Waals surface area contributed by atoms with Gasteiger partial charge in [0.1, 0.15) is 12.1 Å². The molecular weight excluding hydrogens is 258 g/mol. The maximum atomic E-state index is 5.27. The smallest absolute Gasteiger partial charge is 0.184 e. The van der Waals surface area contributed by atoms with Gasteiger partial charge in [0.15, 0.2) is 5.82 Å². The minimum absolute atomic E-state index is 0.668. The van der Waals surface area contributed by atoms with E-state index >= 15 is 0 Å². The summed E-state index contributed by atoms with van der Waals surface area (Å²) in [5.74, 6) is 1.43. The van der Waals surface area contributed by atoms with Crippen molar-refractivity contribution in [1.29, 1.82) is 0 Å². The molecule has 0 spiro atoms. The lowest BCUT2D eigenvalue weighted by atomic mass is 10.2. The molecular formula is C10H10BrN3O. The molecule has 78 valence electrons. The van der Waals surface area contributed by atoms with Gasteiger partial charge in [-0.05, 0) is 18.2 Å². The third kappa shape index (κ3) is 2.02. The fourth-order valence-electron chi connectivity index (χ4n) is 1.31. The molecule has 2 aromatic rings. The van der Waals surface area contributed by atoms with Gasteiger partial charge in [-0.1, -0.05) is 15.9 Å². The Morgan fingerprint density at radius 2 is 2.20 bits per heavy atom. The van der Waals surface area contributed by atoms with Crippen LogP contribution in [0.25, 0.3) is 11.4 Å². The van der Waals surface area contributed by atoms with Crippen molar-refractivity contribution in [1.82, 2.24) is 14.8 Å². The highest BCUT2D eigenvalue weighted by Gasteiger charge is 2.09. The zero-order chi connectivity index (χ0) is 10.8. The molecule has 1 aromatic carbocycles. The second-order valence-electron chi connectivity index (χ2n) is 3.09. The highest BCUT2D eigenvalue weighted by atomic mass is 79.9. The molecule has 0 aliphatic rings. The summed E-state index contributed by atoms with van der Waals surface area (Å²) in [7, 11) is 3.47. The maximum absolute atomic E-state index is 5.27. The predicted molar refractivity (Wildman–Crippen MR) is 60.7 cm³/mol. The summed E-state index contributed by atoms with van der Waals surface area (Å²) >= 11 is 3.39. The first-order valence-corrected chi connectivity index (χ1v) is 5.19. The monoisotopic (exact) mass is 267 g/mol. The van der Waals surface area contributed by atoms with Crippen molar-refractivity contribution in [2.75, 3.05) is 7.11 Å². The molecule has 0 radical (unpaired) electrons. The standard InChI is InChI=1S/C10H10BrN3O/c1-14-6-12-10(13-14)8-4-3-7(11)5-9(8)15-2/h3-6H,1-2H3. The highest BCUT2D eigenvalue weighted by Crippen LogP contribution is 2.29. The Morgan fingerprint density at radius 1 is 1.40 bits per heavy atom. The van der Waals surface area contributed by atoms with Crippen molar-refractivity contribution >= 4 is 15.9 Å². The Hall–Kier alpha value is -1.36. The van der Waals surface area contributed by atoms with Crippen LogP contribution in [0.3, 0.4) is 0 Å². The van der Waals surface area contributed by atoms with Crippen LogP contribution >= 0.6 is 15.9 Å². The summed E-state index contributed by atoms with van der Waals surface area (Å²) in [6.07, 6.45) is 1.66. The molecule has 1 heterocycles. The zero-order valence-corrected chi connectivity index (χ0v) is 10.0. The Labute approximate surface area is 96.0 Å². The lowest BCUT2D eigenvalue weighted by molar-refractivity contribution is 0.416. The number of ether oxygens (including phenoxy) is 1. The van der Waals surface area contributed by atoms with E-state index in [0.717, 1.165) is 15.8 Å². The van der Waals surface area contributed by atoms with Crippen molar-refractivity contribution < 1.29 is 4.74 Å². The fourth-order valence-corrected chi connectivity index (χ4v) is 1.65. The number of aryl methyl sites for hydroxylation is 1. The number of aromatic nitrogens is 3. The second-order valence-corrected chi connectivity index (χ2v) is 4.00. The van der Waals surface area contributed by atoms with Crippen molar-refractivity contribution in [3.63, 3.8) is 0 Å². The summed E-state index contributed by atoms with van der Waals surface area (Å²) in [5, 5.41) is 4.23. The molecule has 0 fully saturated rings. The molecule has 0 saturated heterocycles. The molecule has 0 saturated carbocycles. The average Bonchev–Trinajstić information content (AvgIpc) is 2.64. The first-order chi connectivity index (χ1) is 7.20. The third-order valence-electron chi connectivity index (χ3n) is 2.00. The number of methoxy groups -OCH3 is 1. The molecule has 0 unspecified atom stereocenters. The Kier molecular flexibility index (Phi) is 2.73. The van der Waals surface area contributed by atoms with Crippen LogP contribution < -0.4 is 4.74 Å². The summed E-state index contributed by atoms with van der Waals surface area (Å²) in [6, 6.07) is 5.76. The minimum atomic E-state index is 0.668. The third-order valence-corrected chi connectivity index (χ3v) is 2.50. The van der Waals surface area contributed by atoms with Gasteiger partial charge in [0.25, 0.3) is 0 Å². The molecule has 1 aromatic heterocycles. The van der Waals surface area contributed by atoms with E-state index in [4.69, 9.17) is 4.74 Å². The van der Waals surface area contributed by atoms with Gasteiger partial charge in [0, 0.05) is 11.5 Å². The number of benzene rings is 1. The predicted octanol–water partition coefficient (Wildman–Crippen LogP) is 2.25. The van der Waals surface area contributed by atoms with Crippen molar-refractivity contribution in [2.24, 2.45) is 7.05 Å². The molecule has 0 N–H and O–H groups in total. The van der Waals surface area contributed by atoms with Crippen molar-refractivity contribution in [3.8, 4) is 17.1 Å². The lowest BCUT2D eigenvalue weighted by Gasteiger charge is -2.05. The zero-order valence-electron chi connectivity index (χ0n) is 8.44. The van der Waals surface area contributed by atoms with Gasteiger partial charge in [-0.2, -0.15) is 5.10 Å².